The van der Waals surface area contributed by atoms with Gasteiger partial charge in [0.05, 0.1) is 6.26 Å². The van der Waals surface area contributed by atoms with Crippen LogP contribution in [0.15, 0.2) is 40.4 Å². The second kappa shape index (κ2) is 6.48. The largest absolute Gasteiger partial charge is 0.463 e. The molecule has 0 aliphatic carbocycles. The van der Waals surface area contributed by atoms with Gasteiger partial charge in [-0.25, -0.2) is 0 Å². The lowest BCUT2D eigenvalue weighted by Gasteiger charge is -2.02. The number of nitrogens with one attached hydrogen (secondary N) is 2. The highest BCUT2D eigenvalue weighted by Crippen LogP contribution is 2.17. The molecule has 0 radical (unpaired) electrons. The van der Waals surface area contributed by atoms with Crippen molar-refractivity contribution < 1.29 is 9.21 Å². The fraction of sp³-hybridized carbons (Fsp3) is 0.231. The number of carbonyl (C=O) groups excluding carboxylic acids is 1. The molecule has 0 atom stereocenters. The van der Waals surface area contributed by atoms with E-state index in [0.29, 0.717) is 29.4 Å². The van der Waals surface area contributed by atoms with Crippen molar-refractivity contribution in [2.75, 3.05) is 12.3 Å². The lowest BCUT2D eigenvalue weighted by atomic mass is 10.3. The normalized spacial score (nSPS) is 10.8. The fourth-order valence-corrected chi connectivity index (χ4v) is 2.54. The summed E-state index contributed by atoms with van der Waals surface area (Å²) in [4.78, 5) is 12.0. The Balaban J connectivity index is 1.49. The molecule has 8 nitrogen and oxygen atoms in total. The van der Waals surface area contributed by atoms with E-state index in [1.54, 1.807) is 30.8 Å². The highest BCUT2D eigenvalue weighted by atomic mass is 32.2. The van der Waals surface area contributed by atoms with Gasteiger partial charge in [-0.3, -0.25) is 9.89 Å². The number of aromatic nitrogens is 5. The van der Waals surface area contributed by atoms with Crippen molar-refractivity contribution in [2.45, 2.75) is 5.16 Å². The topological polar surface area (TPSA) is 102 Å². The number of carbonyl (C=O) groups is 1. The van der Waals surface area contributed by atoms with Crippen LogP contribution in [0.4, 0.5) is 0 Å². The second-order valence-electron chi connectivity index (χ2n) is 4.47. The second-order valence-corrected chi connectivity index (χ2v) is 5.54. The van der Waals surface area contributed by atoms with Gasteiger partial charge in [-0.1, -0.05) is 11.8 Å². The maximum Gasteiger partial charge on any atom is 0.271 e. The van der Waals surface area contributed by atoms with Gasteiger partial charge in [0.15, 0.2) is 16.6 Å². The van der Waals surface area contributed by atoms with Gasteiger partial charge in [-0.15, -0.1) is 10.2 Å². The number of nitrogens with zero attached hydrogens (tertiary/aromatic N) is 4. The van der Waals surface area contributed by atoms with E-state index in [1.807, 2.05) is 11.6 Å². The number of furan rings is 1. The first-order valence-corrected chi connectivity index (χ1v) is 7.57. The van der Waals surface area contributed by atoms with E-state index in [-0.39, 0.29) is 5.91 Å². The molecule has 1 amide bonds. The SMILES string of the molecule is Cn1cnnc1SCCNC(=O)c1cc(-c2ccco2)[nH]n1. The minimum absolute atomic E-state index is 0.229. The van der Waals surface area contributed by atoms with Crippen LogP contribution in [0.25, 0.3) is 11.5 Å². The number of rotatable bonds is 6. The van der Waals surface area contributed by atoms with Gasteiger partial charge < -0.3 is 14.3 Å². The number of amides is 1. The summed E-state index contributed by atoms with van der Waals surface area (Å²) in [5.41, 5.74) is 0.999. The molecule has 0 unspecified atom stereocenters. The minimum atomic E-state index is -0.229. The van der Waals surface area contributed by atoms with E-state index < -0.39 is 0 Å². The molecule has 3 rings (SSSR count). The molecule has 9 heteroatoms. The van der Waals surface area contributed by atoms with Crippen LogP contribution in [0.1, 0.15) is 10.5 Å². The maximum atomic E-state index is 12.0. The third-order valence-electron chi connectivity index (χ3n) is 2.89. The van der Waals surface area contributed by atoms with Crippen molar-refractivity contribution in [3.63, 3.8) is 0 Å². The summed E-state index contributed by atoms with van der Waals surface area (Å²) in [6.45, 7) is 0.513. The molecule has 0 aromatic carbocycles. The zero-order valence-corrected chi connectivity index (χ0v) is 12.6. The highest BCUT2D eigenvalue weighted by Gasteiger charge is 2.12. The van der Waals surface area contributed by atoms with Gasteiger partial charge in [0, 0.05) is 25.4 Å². The summed E-state index contributed by atoms with van der Waals surface area (Å²) in [5.74, 6) is 1.12. The predicted octanol–water partition coefficient (Wildman–Crippen LogP) is 1.32. The average molecular weight is 318 g/mol. The molecule has 3 aromatic heterocycles. The Morgan fingerprint density at radius 3 is 3.18 bits per heavy atom. The van der Waals surface area contributed by atoms with Crippen molar-refractivity contribution in [1.29, 1.82) is 0 Å². The molecule has 22 heavy (non-hydrogen) atoms. The standard InChI is InChI=1S/C13H14N6O2S/c1-19-8-15-18-13(19)22-6-4-14-12(20)10-7-9(16-17-10)11-3-2-5-21-11/h2-3,5,7-8H,4,6H2,1H3,(H,14,20)(H,16,17). The van der Waals surface area contributed by atoms with Crippen LogP contribution in [0, 0.1) is 0 Å². The molecule has 0 saturated heterocycles. The lowest BCUT2D eigenvalue weighted by Crippen LogP contribution is -2.26. The first-order chi connectivity index (χ1) is 10.7. The summed E-state index contributed by atoms with van der Waals surface area (Å²) in [5, 5.41) is 18.1. The molecule has 0 bridgehead atoms. The van der Waals surface area contributed by atoms with E-state index in [4.69, 9.17) is 4.42 Å². The molecule has 0 aliphatic rings. The van der Waals surface area contributed by atoms with Crippen LogP contribution >= 0.6 is 11.8 Å². The Labute approximate surface area is 130 Å². The van der Waals surface area contributed by atoms with Crippen LogP contribution in [-0.2, 0) is 7.05 Å². The summed E-state index contributed by atoms with van der Waals surface area (Å²) < 4.78 is 7.07. The van der Waals surface area contributed by atoms with E-state index in [0.717, 1.165) is 5.16 Å². The quantitative estimate of drug-likeness (QED) is 0.525. The van der Waals surface area contributed by atoms with E-state index >= 15 is 0 Å². The number of thioether (sulfide) groups is 1. The Hall–Kier alpha value is -2.55. The van der Waals surface area contributed by atoms with Gasteiger partial charge in [0.2, 0.25) is 0 Å². The molecule has 0 aliphatic heterocycles. The molecule has 0 fully saturated rings. The van der Waals surface area contributed by atoms with E-state index in [9.17, 15) is 4.79 Å². The zero-order chi connectivity index (χ0) is 15.4. The molecule has 0 saturated carbocycles. The molecule has 0 spiro atoms. The number of hydrogen-bond acceptors (Lipinski definition) is 6. The average Bonchev–Trinajstić information content (AvgIpc) is 3.24. The summed E-state index contributed by atoms with van der Waals surface area (Å²) in [7, 11) is 1.88. The smallest absolute Gasteiger partial charge is 0.271 e. The molecule has 2 N–H and O–H groups in total. The Morgan fingerprint density at radius 1 is 1.55 bits per heavy atom. The molecule has 3 aromatic rings. The van der Waals surface area contributed by atoms with Gasteiger partial charge in [0.1, 0.15) is 12.0 Å². The fourth-order valence-electron chi connectivity index (χ4n) is 1.80. The number of aryl methyl sites for hydroxylation is 1. The molecular weight excluding hydrogens is 304 g/mol. The molecule has 114 valence electrons. The molecule has 3 heterocycles. The number of hydrogen-bond donors (Lipinski definition) is 2. The Kier molecular flexibility index (Phi) is 4.24. The zero-order valence-electron chi connectivity index (χ0n) is 11.8. The van der Waals surface area contributed by atoms with E-state index in [2.05, 4.69) is 25.7 Å². The van der Waals surface area contributed by atoms with Crippen LogP contribution in [0.2, 0.25) is 0 Å². The third kappa shape index (κ3) is 3.19. The lowest BCUT2D eigenvalue weighted by molar-refractivity contribution is 0.0951. The summed E-state index contributed by atoms with van der Waals surface area (Å²) in [6, 6.07) is 5.23. The van der Waals surface area contributed by atoms with Crippen molar-refractivity contribution in [3.8, 4) is 11.5 Å². The number of aromatic amines is 1. The molecular formula is C13H14N6O2S. The summed E-state index contributed by atoms with van der Waals surface area (Å²) >= 11 is 1.53. The van der Waals surface area contributed by atoms with Gasteiger partial charge >= 0.3 is 0 Å². The first kappa shape index (κ1) is 14.4. The highest BCUT2D eigenvalue weighted by molar-refractivity contribution is 7.99. The Bertz CT molecular complexity index is 748. The van der Waals surface area contributed by atoms with Crippen molar-refractivity contribution >= 4 is 17.7 Å². The van der Waals surface area contributed by atoms with Gasteiger partial charge in [-0.2, -0.15) is 5.10 Å². The van der Waals surface area contributed by atoms with Crippen molar-refractivity contribution in [3.05, 3.63) is 36.5 Å². The number of H-pyrrole nitrogens is 1. The van der Waals surface area contributed by atoms with Crippen molar-refractivity contribution in [1.82, 2.24) is 30.3 Å². The minimum Gasteiger partial charge on any atom is -0.463 e. The Morgan fingerprint density at radius 2 is 2.45 bits per heavy atom. The monoisotopic (exact) mass is 318 g/mol. The predicted molar refractivity (Wildman–Crippen MR) is 80.3 cm³/mol. The van der Waals surface area contributed by atoms with Crippen LogP contribution < -0.4 is 5.32 Å². The maximum absolute atomic E-state index is 12.0. The third-order valence-corrected chi connectivity index (χ3v) is 3.92. The van der Waals surface area contributed by atoms with Crippen molar-refractivity contribution in [2.24, 2.45) is 7.05 Å². The first-order valence-electron chi connectivity index (χ1n) is 6.58. The van der Waals surface area contributed by atoms with Crippen LogP contribution in [-0.4, -0.2) is 43.2 Å². The summed E-state index contributed by atoms with van der Waals surface area (Å²) in [6.07, 6.45) is 3.21. The van der Waals surface area contributed by atoms with Crippen LogP contribution in [0.3, 0.4) is 0 Å². The van der Waals surface area contributed by atoms with E-state index in [1.165, 1.54) is 11.8 Å². The van der Waals surface area contributed by atoms with Gasteiger partial charge in [-0.05, 0) is 12.1 Å². The van der Waals surface area contributed by atoms with Gasteiger partial charge in [0.25, 0.3) is 5.91 Å². The van der Waals surface area contributed by atoms with Crippen LogP contribution in [0.5, 0.6) is 0 Å².